The monoisotopic (exact) mass is 488 g/mol. The minimum atomic E-state index is -0.0217. The quantitative estimate of drug-likeness (QED) is 0.390. The van der Waals surface area contributed by atoms with Crippen LogP contribution in [0, 0.1) is 0 Å². The molecule has 0 bridgehead atoms. The van der Waals surface area contributed by atoms with E-state index in [9.17, 15) is 4.79 Å². The number of benzene rings is 2. The molecule has 1 aliphatic heterocycles. The summed E-state index contributed by atoms with van der Waals surface area (Å²) in [4.78, 5) is 22.6. The number of halogens is 1. The van der Waals surface area contributed by atoms with Crippen LogP contribution < -0.4 is 4.90 Å². The molecule has 0 N–H and O–H groups in total. The number of amides is 1. The van der Waals surface area contributed by atoms with Gasteiger partial charge in [-0.05, 0) is 44.0 Å². The second kappa shape index (κ2) is 9.11. The summed E-state index contributed by atoms with van der Waals surface area (Å²) < 4.78 is 2.19. The van der Waals surface area contributed by atoms with E-state index in [-0.39, 0.29) is 11.9 Å². The highest BCUT2D eigenvalue weighted by Gasteiger charge is 2.32. The maximum absolute atomic E-state index is 13.3. The summed E-state index contributed by atoms with van der Waals surface area (Å²) in [5.41, 5.74) is 2.34. The largest absolute Gasteiger partial charge is 0.338 e. The van der Waals surface area contributed by atoms with Crippen LogP contribution in [-0.2, 0) is 0 Å². The highest BCUT2D eigenvalue weighted by molar-refractivity contribution is 6.33. The molecular formula is C27H29ClN6O. The second-order valence-corrected chi connectivity index (χ2v) is 10.2. The summed E-state index contributed by atoms with van der Waals surface area (Å²) in [5, 5.41) is 10.9. The molecule has 8 heteroatoms. The predicted octanol–water partition coefficient (Wildman–Crippen LogP) is 5.33. The van der Waals surface area contributed by atoms with Crippen LogP contribution in [-0.4, -0.2) is 56.1 Å². The zero-order valence-corrected chi connectivity index (χ0v) is 20.7. The van der Waals surface area contributed by atoms with Gasteiger partial charge in [0.05, 0.1) is 16.1 Å². The molecule has 2 aromatic carbocycles. The number of carbonyl (C=O) groups is 1. The Bertz CT molecular complexity index is 1400. The van der Waals surface area contributed by atoms with Crippen molar-refractivity contribution in [2.24, 2.45) is 0 Å². The molecule has 4 aromatic rings. The zero-order chi connectivity index (χ0) is 23.9. The molecule has 0 unspecified atom stereocenters. The first-order valence-corrected chi connectivity index (χ1v) is 12.9. The molecular weight excluding hydrogens is 460 g/mol. The van der Waals surface area contributed by atoms with Gasteiger partial charge in [0.15, 0.2) is 5.65 Å². The number of para-hydroxylation sites is 1. The summed E-state index contributed by atoms with van der Waals surface area (Å²) >= 11 is 6.33. The molecule has 1 atom stereocenters. The first kappa shape index (κ1) is 22.3. The molecule has 2 fully saturated rings. The molecule has 2 aliphatic rings. The van der Waals surface area contributed by atoms with Crippen LogP contribution in [0.3, 0.4) is 0 Å². The maximum atomic E-state index is 13.3. The fraction of sp³-hybridized carbons (Fsp3) is 0.407. The molecule has 1 saturated carbocycles. The van der Waals surface area contributed by atoms with E-state index < -0.39 is 0 Å². The summed E-state index contributed by atoms with van der Waals surface area (Å²) in [5.74, 6) is 2.28. The second-order valence-electron chi connectivity index (χ2n) is 9.75. The van der Waals surface area contributed by atoms with E-state index in [1.165, 1.54) is 19.3 Å². The van der Waals surface area contributed by atoms with E-state index >= 15 is 0 Å². The van der Waals surface area contributed by atoms with E-state index in [0.717, 1.165) is 41.2 Å². The van der Waals surface area contributed by atoms with Gasteiger partial charge >= 0.3 is 0 Å². The number of nitrogens with zero attached hydrogens (tertiary/aromatic N) is 6. The number of piperazine rings is 1. The van der Waals surface area contributed by atoms with Gasteiger partial charge in [-0.3, -0.25) is 4.79 Å². The minimum Gasteiger partial charge on any atom is -0.338 e. The van der Waals surface area contributed by atoms with E-state index in [1.807, 2.05) is 35.2 Å². The van der Waals surface area contributed by atoms with Crippen LogP contribution in [0.4, 0.5) is 5.95 Å². The van der Waals surface area contributed by atoms with Crippen LogP contribution in [0.2, 0.25) is 5.02 Å². The molecule has 0 radical (unpaired) electrons. The van der Waals surface area contributed by atoms with E-state index in [2.05, 4.69) is 27.4 Å². The van der Waals surface area contributed by atoms with Gasteiger partial charge in [-0.2, -0.15) is 0 Å². The highest BCUT2D eigenvalue weighted by Crippen LogP contribution is 2.35. The van der Waals surface area contributed by atoms with Gasteiger partial charge in [-0.1, -0.05) is 55.1 Å². The number of hydrogen-bond acceptors (Lipinski definition) is 5. The normalized spacial score (nSPS) is 19.5. The summed E-state index contributed by atoms with van der Waals surface area (Å²) in [6, 6.07) is 15.4. The first-order chi connectivity index (χ1) is 17.1. The fourth-order valence-corrected chi connectivity index (χ4v) is 5.87. The Morgan fingerprint density at radius 1 is 0.971 bits per heavy atom. The van der Waals surface area contributed by atoms with Crippen LogP contribution >= 0.6 is 11.6 Å². The Kier molecular flexibility index (Phi) is 5.80. The van der Waals surface area contributed by atoms with Crippen molar-refractivity contribution in [2.45, 2.75) is 51.0 Å². The Morgan fingerprint density at radius 2 is 1.74 bits per heavy atom. The lowest BCUT2D eigenvalue weighted by atomic mass is 9.89. The van der Waals surface area contributed by atoms with Crippen molar-refractivity contribution in [2.75, 3.05) is 24.5 Å². The van der Waals surface area contributed by atoms with Crippen LogP contribution in [0.25, 0.3) is 16.6 Å². The van der Waals surface area contributed by atoms with E-state index in [0.29, 0.717) is 36.1 Å². The Labute approximate surface area is 209 Å². The van der Waals surface area contributed by atoms with E-state index in [1.54, 1.807) is 12.1 Å². The average molecular weight is 489 g/mol. The van der Waals surface area contributed by atoms with Crippen molar-refractivity contribution < 1.29 is 4.79 Å². The third kappa shape index (κ3) is 3.92. The van der Waals surface area contributed by atoms with Crippen molar-refractivity contribution >= 4 is 40.0 Å². The van der Waals surface area contributed by atoms with Crippen LogP contribution in [0.5, 0.6) is 0 Å². The van der Waals surface area contributed by atoms with Crippen molar-refractivity contribution in [3.05, 3.63) is 64.9 Å². The van der Waals surface area contributed by atoms with Gasteiger partial charge in [0.1, 0.15) is 5.82 Å². The van der Waals surface area contributed by atoms with Crippen molar-refractivity contribution in [1.82, 2.24) is 24.5 Å². The molecule has 1 amide bonds. The van der Waals surface area contributed by atoms with Gasteiger partial charge in [0.25, 0.3) is 5.91 Å². The average Bonchev–Trinajstić information content (AvgIpc) is 3.34. The van der Waals surface area contributed by atoms with Gasteiger partial charge in [-0.15, -0.1) is 10.2 Å². The third-order valence-electron chi connectivity index (χ3n) is 7.50. The van der Waals surface area contributed by atoms with Crippen molar-refractivity contribution in [3.8, 4) is 0 Å². The SMILES string of the molecule is C[C@H]1CN(c2nc3ccccc3c3nnc(C4CCCCC4)n23)CCN1C(=O)c1ccccc1Cl. The maximum Gasteiger partial charge on any atom is 0.255 e. The molecule has 35 heavy (non-hydrogen) atoms. The fourth-order valence-electron chi connectivity index (χ4n) is 5.65. The first-order valence-electron chi connectivity index (χ1n) is 12.6. The molecule has 3 heterocycles. The Morgan fingerprint density at radius 3 is 2.54 bits per heavy atom. The molecule has 180 valence electrons. The summed E-state index contributed by atoms with van der Waals surface area (Å²) in [6.07, 6.45) is 6.04. The van der Waals surface area contributed by atoms with Crippen molar-refractivity contribution in [3.63, 3.8) is 0 Å². The lowest BCUT2D eigenvalue weighted by Crippen LogP contribution is -2.54. The number of hydrogen-bond donors (Lipinski definition) is 0. The Balaban J connectivity index is 1.37. The number of fused-ring (bicyclic) bond motifs is 3. The highest BCUT2D eigenvalue weighted by atomic mass is 35.5. The molecule has 1 aliphatic carbocycles. The molecule has 2 aromatic heterocycles. The van der Waals surface area contributed by atoms with Crippen molar-refractivity contribution in [1.29, 1.82) is 0 Å². The lowest BCUT2D eigenvalue weighted by Gasteiger charge is -2.40. The van der Waals surface area contributed by atoms with Gasteiger partial charge in [0, 0.05) is 37.0 Å². The number of anilines is 1. The molecule has 1 saturated heterocycles. The third-order valence-corrected chi connectivity index (χ3v) is 7.83. The standard InChI is InChI=1S/C27H29ClN6O/c1-18-17-32(15-16-33(18)26(35)20-11-5-7-13-22(20)28)27-29-23-14-8-6-12-21(23)25-31-30-24(34(25)27)19-9-3-2-4-10-19/h5-8,11-14,18-19H,2-4,9-10,15-17H2,1H3/t18-/m0/s1. The molecule has 6 rings (SSSR count). The summed E-state index contributed by atoms with van der Waals surface area (Å²) in [6.45, 7) is 4.05. The lowest BCUT2D eigenvalue weighted by molar-refractivity contribution is 0.0673. The van der Waals surface area contributed by atoms with Crippen LogP contribution in [0.15, 0.2) is 48.5 Å². The topological polar surface area (TPSA) is 66.6 Å². The molecule has 0 spiro atoms. The molecule has 7 nitrogen and oxygen atoms in total. The Hall–Kier alpha value is -3.19. The van der Waals surface area contributed by atoms with E-state index in [4.69, 9.17) is 21.7 Å². The number of carbonyl (C=O) groups excluding carboxylic acids is 1. The van der Waals surface area contributed by atoms with Crippen LogP contribution in [0.1, 0.15) is 61.1 Å². The number of aromatic nitrogens is 4. The van der Waals surface area contributed by atoms with Gasteiger partial charge in [0.2, 0.25) is 5.95 Å². The zero-order valence-electron chi connectivity index (χ0n) is 19.9. The predicted molar refractivity (Wildman–Crippen MR) is 138 cm³/mol. The smallest absolute Gasteiger partial charge is 0.255 e. The van der Waals surface area contributed by atoms with Gasteiger partial charge in [-0.25, -0.2) is 9.38 Å². The minimum absolute atomic E-state index is 0.00505. The van der Waals surface area contributed by atoms with Gasteiger partial charge < -0.3 is 9.80 Å². The number of rotatable bonds is 3. The summed E-state index contributed by atoms with van der Waals surface area (Å²) in [7, 11) is 0.